The molecule has 0 unspecified atom stereocenters. The highest BCUT2D eigenvalue weighted by atomic mass is 15.1. The fourth-order valence-electron chi connectivity index (χ4n) is 7.82. The summed E-state index contributed by atoms with van der Waals surface area (Å²) in [5.74, 6) is 0. The molecule has 0 bridgehead atoms. The molecule has 0 N–H and O–H groups in total. The summed E-state index contributed by atoms with van der Waals surface area (Å²) in [7, 11) is 0. The molecule has 0 atom stereocenters. The zero-order valence-electron chi connectivity index (χ0n) is 26.6. The maximum Gasteiger partial charge on any atom is 0.0541 e. The van der Waals surface area contributed by atoms with Crippen LogP contribution in [0.2, 0.25) is 0 Å². The number of nitrogens with zero attached hydrogens (tertiary/aromatic N) is 2. The van der Waals surface area contributed by atoms with Gasteiger partial charge in [0, 0.05) is 33.2 Å². The van der Waals surface area contributed by atoms with Crippen LogP contribution in [0.15, 0.2) is 170 Å². The topological polar surface area (TPSA) is 8.17 Å². The Balaban J connectivity index is 1.11. The van der Waals surface area contributed by atoms with E-state index in [0.29, 0.717) is 0 Å². The van der Waals surface area contributed by atoms with Gasteiger partial charge in [-0.1, -0.05) is 129 Å². The van der Waals surface area contributed by atoms with Crippen molar-refractivity contribution in [2.75, 3.05) is 4.90 Å². The molecule has 1 aliphatic rings. The van der Waals surface area contributed by atoms with Crippen molar-refractivity contribution in [1.29, 1.82) is 0 Å². The quantitative estimate of drug-likeness (QED) is 0.190. The second kappa shape index (κ2) is 10.6. The van der Waals surface area contributed by atoms with Crippen LogP contribution in [-0.4, -0.2) is 4.57 Å². The Hall–Kier alpha value is -5.86. The highest BCUT2D eigenvalue weighted by Gasteiger charge is 2.38. The molecule has 1 aliphatic carbocycles. The second-order valence-corrected chi connectivity index (χ2v) is 13.0. The minimum atomic E-state index is -0.117. The lowest BCUT2D eigenvalue weighted by Gasteiger charge is -2.32. The second-order valence-electron chi connectivity index (χ2n) is 13.0. The lowest BCUT2D eigenvalue weighted by molar-refractivity contribution is 0.661. The van der Waals surface area contributed by atoms with Gasteiger partial charge >= 0.3 is 0 Å². The number of anilines is 3. The molecule has 0 radical (unpaired) electrons. The van der Waals surface area contributed by atoms with Gasteiger partial charge in [-0.15, -0.1) is 0 Å². The van der Waals surface area contributed by atoms with E-state index in [1.807, 2.05) is 0 Å². The van der Waals surface area contributed by atoms with E-state index in [2.05, 4.69) is 193 Å². The molecule has 0 aliphatic heterocycles. The SMILES string of the molecule is CC1(C)c2ccccc2-c2cccc(N(c3ccccc3)c3ccc(-c4ccc(-n5c6ccccc6c6ccccc65)cc4)cc3)c21. The summed E-state index contributed by atoms with van der Waals surface area (Å²) in [5, 5.41) is 2.56. The molecule has 0 amide bonds. The normalized spacial score (nSPS) is 13.1. The fraction of sp³-hybridized carbons (Fsp3) is 0.0667. The third-order valence-electron chi connectivity index (χ3n) is 9.98. The molecule has 9 rings (SSSR count). The van der Waals surface area contributed by atoms with Crippen LogP contribution in [-0.2, 0) is 5.41 Å². The molecule has 2 nitrogen and oxygen atoms in total. The first kappa shape index (κ1) is 27.5. The van der Waals surface area contributed by atoms with Crippen molar-refractivity contribution in [3.05, 3.63) is 181 Å². The van der Waals surface area contributed by atoms with Gasteiger partial charge in [-0.3, -0.25) is 0 Å². The minimum Gasteiger partial charge on any atom is -0.310 e. The van der Waals surface area contributed by atoms with Crippen molar-refractivity contribution in [3.63, 3.8) is 0 Å². The van der Waals surface area contributed by atoms with Crippen LogP contribution in [0, 0.1) is 0 Å². The molecule has 7 aromatic carbocycles. The smallest absolute Gasteiger partial charge is 0.0541 e. The first-order valence-corrected chi connectivity index (χ1v) is 16.4. The van der Waals surface area contributed by atoms with Gasteiger partial charge in [0.15, 0.2) is 0 Å². The third-order valence-corrected chi connectivity index (χ3v) is 9.98. The van der Waals surface area contributed by atoms with E-state index in [0.717, 1.165) is 11.4 Å². The van der Waals surface area contributed by atoms with Gasteiger partial charge < -0.3 is 9.47 Å². The summed E-state index contributed by atoms with van der Waals surface area (Å²) in [4.78, 5) is 2.42. The zero-order chi connectivity index (χ0) is 31.5. The standard InChI is InChI=1S/C45H34N2/c1-45(2)40-19-9-6-15-36(40)39-18-12-22-43(44(39)45)46(33-13-4-3-5-14-33)34-27-23-31(24-28-34)32-25-29-35(30-26-32)47-41-20-10-7-16-37(41)38-17-8-11-21-42(38)47/h3-30H,1-2H3. The van der Waals surface area contributed by atoms with Gasteiger partial charge in [0.05, 0.1) is 16.7 Å². The van der Waals surface area contributed by atoms with Crippen LogP contribution in [0.5, 0.6) is 0 Å². The maximum atomic E-state index is 2.42. The van der Waals surface area contributed by atoms with Crippen molar-refractivity contribution < 1.29 is 0 Å². The fourth-order valence-corrected chi connectivity index (χ4v) is 7.82. The number of fused-ring (bicyclic) bond motifs is 6. The molecular weight excluding hydrogens is 569 g/mol. The van der Waals surface area contributed by atoms with Crippen molar-refractivity contribution >= 4 is 38.9 Å². The average molecular weight is 603 g/mol. The maximum absolute atomic E-state index is 2.42. The number of rotatable bonds is 5. The third kappa shape index (κ3) is 4.26. The van der Waals surface area contributed by atoms with Gasteiger partial charge in [0.25, 0.3) is 0 Å². The number of benzene rings is 7. The molecule has 224 valence electrons. The summed E-state index contributed by atoms with van der Waals surface area (Å²) >= 11 is 0. The van der Waals surface area contributed by atoms with E-state index < -0.39 is 0 Å². The van der Waals surface area contributed by atoms with E-state index >= 15 is 0 Å². The summed E-state index contributed by atoms with van der Waals surface area (Å²) in [6, 6.07) is 61.7. The van der Waals surface area contributed by atoms with Gasteiger partial charge in [-0.2, -0.15) is 0 Å². The van der Waals surface area contributed by atoms with E-state index in [-0.39, 0.29) is 5.41 Å². The highest BCUT2D eigenvalue weighted by Crippen LogP contribution is 2.54. The lowest BCUT2D eigenvalue weighted by Crippen LogP contribution is -2.20. The highest BCUT2D eigenvalue weighted by molar-refractivity contribution is 6.09. The summed E-state index contributed by atoms with van der Waals surface area (Å²) < 4.78 is 2.37. The summed E-state index contributed by atoms with van der Waals surface area (Å²) in [6.07, 6.45) is 0. The number of para-hydroxylation sites is 3. The van der Waals surface area contributed by atoms with Crippen LogP contribution in [0.4, 0.5) is 17.1 Å². The van der Waals surface area contributed by atoms with Crippen LogP contribution in [0.3, 0.4) is 0 Å². The lowest BCUT2D eigenvalue weighted by atomic mass is 9.81. The molecule has 0 spiro atoms. The molecule has 8 aromatic rings. The van der Waals surface area contributed by atoms with Crippen molar-refractivity contribution in [1.82, 2.24) is 4.57 Å². The van der Waals surface area contributed by atoms with E-state index in [9.17, 15) is 0 Å². The molecule has 1 aromatic heterocycles. The number of hydrogen-bond acceptors (Lipinski definition) is 1. The zero-order valence-corrected chi connectivity index (χ0v) is 26.6. The molecule has 0 saturated carbocycles. The predicted octanol–water partition coefficient (Wildman–Crippen LogP) is 12.2. The number of aromatic nitrogens is 1. The predicted molar refractivity (Wildman–Crippen MR) is 198 cm³/mol. The first-order chi connectivity index (χ1) is 23.1. The molecule has 1 heterocycles. The molecule has 2 heteroatoms. The van der Waals surface area contributed by atoms with Crippen molar-refractivity contribution in [2.45, 2.75) is 19.3 Å². The van der Waals surface area contributed by atoms with Crippen LogP contribution in [0.1, 0.15) is 25.0 Å². The molecule has 0 saturated heterocycles. The van der Waals surface area contributed by atoms with Crippen LogP contribution >= 0.6 is 0 Å². The van der Waals surface area contributed by atoms with Gasteiger partial charge in [0.2, 0.25) is 0 Å². The van der Waals surface area contributed by atoms with Gasteiger partial charge in [0.1, 0.15) is 0 Å². The van der Waals surface area contributed by atoms with Crippen molar-refractivity contribution in [2.24, 2.45) is 0 Å². The largest absolute Gasteiger partial charge is 0.310 e. The van der Waals surface area contributed by atoms with Crippen LogP contribution in [0.25, 0.3) is 49.7 Å². The van der Waals surface area contributed by atoms with E-state index in [1.165, 1.54) is 66.6 Å². The van der Waals surface area contributed by atoms with Crippen molar-refractivity contribution in [3.8, 4) is 27.9 Å². The molecular formula is C45H34N2. The van der Waals surface area contributed by atoms with E-state index in [1.54, 1.807) is 0 Å². The monoisotopic (exact) mass is 602 g/mol. The minimum absolute atomic E-state index is 0.117. The average Bonchev–Trinajstić information content (AvgIpc) is 3.59. The molecule has 0 fully saturated rings. The van der Waals surface area contributed by atoms with E-state index in [4.69, 9.17) is 0 Å². The van der Waals surface area contributed by atoms with Gasteiger partial charge in [-0.25, -0.2) is 0 Å². The Morgan fingerprint density at radius 2 is 0.979 bits per heavy atom. The Morgan fingerprint density at radius 3 is 1.66 bits per heavy atom. The summed E-state index contributed by atoms with van der Waals surface area (Å²) in [5.41, 5.74) is 14.8. The Bertz CT molecular complexity index is 2360. The molecule has 47 heavy (non-hydrogen) atoms. The first-order valence-electron chi connectivity index (χ1n) is 16.4. The Labute approximate surface area is 275 Å². The Kier molecular flexibility index (Phi) is 6.20. The Morgan fingerprint density at radius 1 is 0.447 bits per heavy atom. The van der Waals surface area contributed by atoms with Gasteiger partial charge in [-0.05, 0) is 88.0 Å². The van der Waals surface area contributed by atoms with Crippen LogP contribution < -0.4 is 4.90 Å². The number of hydrogen-bond donors (Lipinski definition) is 0. The summed E-state index contributed by atoms with van der Waals surface area (Å²) in [6.45, 7) is 4.72.